The van der Waals surface area contributed by atoms with Crippen LogP contribution in [0.15, 0.2) is 66.2 Å². The highest BCUT2D eigenvalue weighted by Crippen LogP contribution is 2.24. The monoisotopic (exact) mass is 242 g/mol. The summed E-state index contributed by atoms with van der Waals surface area (Å²) in [4.78, 5) is 0. The molecule has 2 rings (SSSR count). The van der Waals surface area contributed by atoms with Crippen molar-refractivity contribution in [3.63, 3.8) is 0 Å². The standard InChI is InChI=1S/C16H15Cl/c1-13(12-14-8-4-2-5-9-14)16(17)15-10-6-3-7-11-15/h2-11H,12H2,1H3/b16-13-. The van der Waals surface area contributed by atoms with Gasteiger partial charge in [0.2, 0.25) is 0 Å². The highest BCUT2D eigenvalue weighted by atomic mass is 35.5. The maximum atomic E-state index is 6.39. The summed E-state index contributed by atoms with van der Waals surface area (Å²) in [6, 6.07) is 20.5. The van der Waals surface area contributed by atoms with E-state index < -0.39 is 0 Å². The molecule has 0 aliphatic rings. The summed E-state index contributed by atoms with van der Waals surface area (Å²) < 4.78 is 0. The molecular weight excluding hydrogens is 228 g/mol. The molecule has 0 nitrogen and oxygen atoms in total. The molecule has 0 aliphatic carbocycles. The van der Waals surface area contributed by atoms with Gasteiger partial charge in [0, 0.05) is 5.03 Å². The summed E-state index contributed by atoms with van der Waals surface area (Å²) in [7, 11) is 0. The first-order valence-electron chi connectivity index (χ1n) is 5.72. The lowest BCUT2D eigenvalue weighted by Gasteiger charge is -2.06. The van der Waals surface area contributed by atoms with Crippen LogP contribution in [0.2, 0.25) is 0 Å². The molecule has 86 valence electrons. The first kappa shape index (κ1) is 11.9. The molecule has 0 radical (unpaired) electrons. The fourth-order valence-corrected chi connectivity index (χ4v) is 2.00. The van der Waals surface area contributed by atoms with Gasteiger partial charge in [-0.15, -0.1) is 0 Å². The van der Waals surface area contributed by atoms with E-state index in [-0.39, 0.29) is 0 Å². The molecule has 0 atom stereocenters. The van der Waals surface area contributed by atoms with Crippen LogP contribution in [0.1, 0.15) is 18.1 Å². The predicted molar refractivity (Wildman–Crippen MR) is 75.0 cm³/mol. The van der Waals surface area contributed by atoms with Crippen LogP contribution in [0.5, 0.6) is 0 Å². The Morgan fingerprint density at radius 3 is 2.00 bits per heavy atom. The quantitative estimate of drug-likeness (QED) is 0.718. The van der Waals surface area contributed by atoms with Crippen LogP contribution in [0.3, 0.4) is 0 Å². The third kappa shape index (κ3) is 3.21. The van der Waals surface area contributed by atoms with Gasteiger partial charge < -0.3 is 0 Å². The third-order valence-corrected chi connectivity index (χ3v) is 3.25. The summed E-state index contributed by atoms with van der Waals surface area (Å²) in [6.45, 7) is 2.09. The van der Waals surface area contributed by atoms with Crippen molar-refractivity contribution in [2.75, 3.05) is 0 Å². The van der Waals surface area contributed by atoms with Crippen LogP contribution in [0.25, 0.3) is 5.03 Å². The Morgan fingerprint density at radius 1 is 0.882 bits per heavy atom. The maximum absolute atomic E-state index is 6.39. The van der Waals surface area contributed by atoms with Crippen molar-refractivity contribution in [2.45, 2.75) is 13.3 Å². The Kier molecular flexibility index (Phi) is 4.00. The van der Waals surface area contributed by atoms with Crippen molar-refractivity contribution in [1.29, 1.82) is 0 Å². The lowest BCUT2D eigenvalue weighted by molar-refractivity contribution is 1.15. The van der Waals surface area contributed by atoms with E-state index in [9.17, 15) is 0 Å². The Morgan fingerprint density at radius 2 is 1.41 bits per heavy atom. The molecule has 0 aliphatic heterocycles. The third-order valence-electron chi connectivity index (χ3n) is 2.71. The van der Waals surface area contributed by atoms with Crippen molar-refractivity contribution in [2.24, 2.45) is 0 Å². The van der Waals surface area contributed by atoms with Crippen molar-refractivity contribution >= 4 is 16.6 Å². The normalized spacial score (nSPS) is 12.1. The molecule has 2 aromatic rings. The minimum absolute atomic E-state index is 0.856. The molecule has 0 bridgehead atoms. The largest absolute Gasteiger partial charge is 0.0837 e. The van der Waals surface area contributed by atoms with Crippen LogP contribution < -0.4 is 0 Å². The van der Waals surface area contributed by atoms with Crippen LogP contribution in [-0.2, 0) is 6.42 Å². The van der Waals surface area contributed by atoms with Gasteiger partial charge in [0.1, 0.15) is 0 Å². The molecule has 0 saturated carbocycles. The zero-order chi connectivity index (χ0) is 12.1. The Labute approximate surface area is 108 Å². The predicted octanol–water partition coefficient (Wildman–Crippen LogP) is 4.90. The number of hydrogen-bond donors (Lipinski definition) is 0. The summed E-state index contributed by atoms with van der Waals surface area (Å²) in [6.07, 6.45) is 0.897. The highest BCUT2D eigenvalue weighted by Gasteiger charge is 2.03. The molecule has 0 amide bonds. The molecule has 2 aromatic carbocycles. The van der Waals surface area contributed by atoms with E-state index in [1.54, 1.807) is 0 Å². The lowest BCUT2D eigenvalue weighted by Crippen LogP contribution is -1.89. The first-order chi connectivity index (χ1) is 8.27. The lowest BCUT2D eigenvalue weighted by atomic mass is 10.0. The van der Waals surface area contributed by atoms with Crippen LogP contribution in [-0.4, -0.2) is 0 Å². The van der Waals surface area contributed by atoms with E-state index in [1.165, 1.54) is 11.1 Å². The maximum Gasteiger partial charge on any atom is 0.0470 e. The van der Waals surface area contributed by atoms with Gasteiger partial charge in [-0.25, -0.2) is 0 Å². The summed E-state index contributed by atoms with van der Waals surface area (Å²) in [5, 5.41) is 0.856. The second-order valence-corrected chi connectivity index (χ2v) is 4.50. The van der Waals surface area contributed by atoms with Gasteiger partial charge >= 0.3 is 0 Å². The van der Waals surface area contributed by atoms with E-state index in [0.29, 0.717) is 0 Å². The molecule has 0 heterocycles. The van der Waals surface area contributed by atoms with Crippen LogP contribution in [0, 0.1) is 0 Å². The summed E-state index contributed by atoms with van der Waals surface area (Å²) in [5.74, 6) is 0. The zero-order valence-electron chi connectivity index (χ0n) is 9.86. The van der Waals surface area contributed by atoms with Gasteiger partial charge in [0.25, 0.3) is 0 Å². The topological polar surface area (TPSA) is 0 Å². The Hall–Kier alpha value is -1.53. The van der Waals surface area contributed by atoms with Crippen molar-refractivity contribution in [3.05, 3.63) is 77.4 Å². The van der Waals surface area contributed by atoms with Crippen LogP contribution in [0.4, 0.5) is 0 Å². The minimum Gasteiger partial charge on any atom is -0.0837 e. The summed E-state index contributed by atoms with van der Waals surface area (Å²) >= 11 is 6.39. The number of rotatable bonds is 3. The van der Waals surface area contributed by atoms with Gasteiger partial charge in [-0.1, -0.05) is 72.3 Å². The molecule has 0 saturated heterocycles. The van der Waals surface area contributed by atoms with E-state index >= 15 is 0 Å². The number of benzene rings is 2. The second-order valence-electron chi connectivity index (χ2n) is 4.12. The minimum atomic E-state index is 0.856. The molecule has 0 unspecified atom stereocenters. The Balaban J connectivity index is 2.22. The van der Waals surface area contributed by atoms with E-state index in [2.05, 4.69) is 31.2 Å². The average molecular weight is 243 g/mol. The number of halogens is 1. The fourth-order valence-electron chi connectivity index (χ4n) is 1.81. The SMILES string of the molecule is C/C(Cc1ccccc1)=C(/Cl)c1ccccc1. The second kappa shape index (κ2) is 5.70. The van der Waals surface area contributed by atoms with Gasteiger partial charge in [-0.05, 0) is 30.0 Å². The van der Waals surface area contributed by atoms with E-state index in [4.69, 9.17) is 11.6 Å². The van der Waals surface area contributed by atoms with E-state index in [0.717, 1.165) is 17.0 Å². The summed E-state index contributed by atoms with van der Waals surface area (Å²) in [5.41, 5.74) is 3.57. The van der Waals surface area contributed by atoms with Crippen LogP contribution >= 0.6 is 11.6 Å². The van der Waals surface area contributed by atoms with Crippen molar-refractivity contribution in [1.82, 2.24) is 0 Å². The molecule has 0 N–H and O–H groups in total. The number of hydrogen-bond acceptors (Lipinski definition) is 0. The first-order valence-corrected chi connectivity index (χ1v) is 6.10. The van der Waals surface area contributed by atoms with Gasteiger partial charge in [0.05, 0.1) is 0 Å². The Bertz CT molecular complexity index is 498. The van der Waals surface area contributed by atoms with E-state index in [1.807, 2.05) is 36.4 Å². The molecule has 0 spiro atoms. The van der Waals surface area contributed by atoms with Gasteiger partial charge in [-0.2, -0.15) is 0 Å². The fraction of sp³-hybridized carbons (Fsp3) is 0.125. The van der Waals surface area contributed by atoms with Crippen molar-refractivity contribution < 1.29 is 0 Å². The van der Waals surface area contributed by atoms with Gasteiger partial charge in [-0.3, -0.25) is 0 Å². The zero-order valence-corrected chi connectivity index (χ0v) is 10.6. The highest BCUT2D eigenvalue weighted by molar-refractivity contribution is 6.49. The molecule has 17 heavy (non-hydrogen) atoms. The smallest absolute Gasteiger partial charge is 0.0470 e. The van der Waals surface area contributed by atoms with Gasteiger partial charge in [0.15, 0.2) is 0 Å². The molecule has 0 fully saturated rings. The van der Waals surface area contributed by atoms with Crippen molar-refractivity contribution in [3.8, 4) is 0 Å². The number of allylic oxidation sites excluding steroid dienone is 1. The molecule has 1 heteroatoms. The molecular formula is C16H15Cl. The molecule has 0 aromatic heterocycles. The average Bonchev–Trinajstić information content (AvgIpc) is 2.40.